The first-order chi connectivity index (χ1) is 12.8. The van der Waals surface area contributed by atoms with Crippen molar-refractivity contribution >= 4 is 22.1 Å². The van der Waals surface area contributed by atoms with Crippen molar-refractivity contribution < 1.29 is 17.6 Å². The Morgan fingerprint density at radius 1 is 1.37 bits per heavy atom. The summed E-state index contributed by atoms with van der Waals surface area (Å²) in [6, 6.07) is 7.38. The summed E-state index contributed by atoms with van der Waals surface area (Å²) in [4.78, 5) is 2.42. The molecular weight excluding hydrogens is 386 g/mol. The van der Waals surface area contributed by atoms with Crippen LogP contribution in [0.25, 0.3) is 11.5 Å². The molecule has 2 aromatic rings. The van der Waals surface area contributed by atoms with E-state index in [0.29, 0.717) is 24.9 Å². The second-order valence-corrected chi connectivity index (χ2v) is 9.84. The zero-order valence-electron chi connectivity index (χ0n) is 15.8. The Morgan fingerprint density at radius 3 is 2.63 bits per heavy atom. The van der Waals surface area contributed by atoms with Crippen LogP contribution in [0.15, 0.2) is 28.7 Å². The summed E-state index contributed by atoms with van der Waals surface area (Å²) in [5.41, 5.74) is 0.805. The van der Waals surface area contributed by atoms with E-state index >= 15 is 0 Å². The van der Waals surface area contributed by atoms with Crippen molar-refractivity contribution in [1.82, 2.24) is 14.7 Å². The number of ether oxygens (including phenoxy) is 1. The quantitative estimate of drug-likeness (QED) is 0.648. The van der Waals surface area contributed by atoms with Gasteiger partial charge in [0.05, 0.1) is 25.3 Å². The van der Waals surface area contributed by atoms with Gasteiger partial charge in [-0.15, -0.1) is 5.10 Å². The molecule has 1 aliphatic heterocycles. The molecule has 1 unspecified atom stereocenters. The van der Waals surface area contributed by atoms with Crippen LogP contribution in [0.2, 0.25) is 0 Å². The van der Waals surface area contributed by atoms with E-state index in [0.717, 1.165) is 17.9 Å². The summed E-state index contributed by atoms with van der Waals surface area (Å²) < 4.78 is 36.2. The number of aromatic nitrogens is 2. The normalized spacial score (nSPS) is 19.1. The van der Waals surface area contributed by atoms with Crippen LogP contribution in [0.1, 0.15) is 20.3 Å². The average Bonchev–Trinajstić information content (AvgIpc) is 3.16. The Bertz CT molecular complexity index is 932. The molecule has 1 aromatic carbocycles. The monoisotopic (exact) mass is 411 g/mol. The van der Waals surface area contributed by atoms with E-state index in [1.807, 2.05) is 24.3 Å². The van der Waals surface area contributed by atoms with Crippen LogP contribution < -0.4 is 4.74 Å². The van der Waals surface area contributed by atoms with E-state index in [4.69, 9.17) is 21.4 Å². The van der Waals surface area contributed by atoms with Crippen molar-refractivity contribution in [2.24, 2.45) is 5.92 Å². The van der Waals surface area contributed by atoms with Gasteiger partial charge in [0.15, 0.2) is 9.84 Å². The molecule has 1 saturated heterocycles. The molecule has 0 saturated carbocycles. The molecule has 0 N–H and O–H groups in total. The Morgan fingerprint density at radius 2 is 2.07 bits per heavy atom. The molecule has 3 rings (SSSR count). The third kappa shape index (κ3) is 4.97. The fourth-order valence-corrected chi connectivity index (χ4v) is 5.21. The van der Waals surface area contributed by atoms with Gasteiger partial charge in [-0.25, -0.2) is 13.1 Å². The van der Waals surface area contributed by atoms with Crippen LogP contribution in [0.4, 0.5) is 0 Å². The van der Waals surface area contributed by atoms with Crippen LogP contribution in [-0.2, 0) is 16.5 Å². The van der Waals surface area contributed by atoms with Gasteiger partial charge in [0.1, 0.15) is 5.75 Å². The van der Waals surface area contributed by atoms with Crippen molar-refractivity contribution in [3.63, 3.8) is 0 Å². The van der Waals surface area contributed by atoms with E-state index in [1.54, 1.807) is 11.8 Å². The molecule has 1 aromatic heterocycles. The highest BCUT2D eigenvalue weighted by Gasteiger charge is 2.33. The molecular formula is C18H25N3O4S2. The lowest BCUT2D eigenvalue weighted by atomic mass is 10.1. The standard InChI is InChI=1S/C18H25N3O4S2/c1-13(2)10-20(15-8-9-27(22,23)11-15)12-21-18(26)25-17(19-21)14-4-6-16(24-3)7-5-14/h4-7,13,15H,8-12H2,1-3H3. The topological polar surface area (TPSA) is 77.6 Å². The molecule has 0 radical (unpaired) electrons. The van der Waals surface area contributed by atoms with Gasteiger partial charge in [-0.3, -0.25) is 4.90 Å². The van der Waals surface area contributed by atoms with Gasteiger partial charge in [0, 0.05) is 18.2 Å². The Hall–Kier alpha value is -1.71. The van der Waals surface area contributed by atoms with Crippen LogP contribution >= 0.6 is 12.2 Å². The van der Waals surface area contributed by atoms with Crippen molar-refractivity contribution in [3.8, 4) is 17.2 Å². The second kappa shape index (κ2) is 8.12. The lowest BCUT2D eigenvalue weighted by Crippen LogP contribution is -2.40. The van der Waals surface area contributed by atoms with Gasteiger partial charge in [-0.05, 0) is 48.8 Å². The predicted octanol–water partition coefficient (Wildman–Crippen LogP) is 2.98. The van der Waals surface area contributed by atoms with Crippen LogP contribution in [0.5, 0.6) is 5.75 Å². The lowest BCUT2D eigenvalue weighted by Gasteiger charge is -2.29. The molecule has 148 valence electrons. The van der Waals surface area contributed by atoms with E-state index in [2.05, 4.69) is 23.8 Å². The van der Waals surface area contributed by atoms with Crippen molar-refractivity contribution in [2.45, 2.75) is 33.0 Å². The number of hydrogen-bond acceptors (Lipinski definition) is 7. The van der Waals surface area contributed by atoms with Crippen molar-refractivity contribution in [1.29, 1.82) is 0 Å². The third-order valence-electron chi connectivity index (χ3n) is 4.58. The highest BCUT2D eigenvalue weighted by molar-refractivity contribution is 7.91. The SMILES string of the molecule is COc1ccc(-c2nn(CN(CC(C)C)C3CCS(=O)(=O)C3)c(=S)o2)cc1. The van der Waals surface area contributed by atoms with Crippen molar-refractivity contribution in [3.05, 3.63) is 29.1 Å². The predicted molar refractivity (Wildman–Crippen MR) is 106 cm³/mol. The molecule has 1 fully saturated rings. The molecule has 1 aliphatic rings. The Balaban J connectivity index is 1.81. The van der Waals surface area contributed by atoms with Crippen LogP contribution in [0.3, 0.4) is 0 Å². The van der Waals surface area contributed by atoms with Gasteiger partial charge in [-0.2, -0.15) is 0 Å². The van der Waals surface area contributed by atoms with Crippen molar-refractivity contribution in [2.75, 3.05) is 25.2 Å². The molecule has 9 heteroatoms. The number of benzene rings is 1. The summed E-state index contributed by atoms with van der Waals surface area (Å²) in [7, 11) is -1.34. The van der Waals surface area contributed by atoms with E-state index in [1.165, 1.54) is 0 Å². The number of nitrogens with zero attached hydrogens (tertiary/aromatic N) is 3. The minimum Gasteiger partial charge on any atom is -0.497 e. The summed E-state index contributed by atoms with van der Waals surface area (Å²) >= 11 is 5.34. The number of hydrogen-bond donors (Lipinski definition) is 0. The fourth-order valence-electron chi connectivity index (χ4n) is 3.27. The summed E-state index contributed by atoms with van der Waals surface area (Å²) in [6.45, 7) is 5.41. The lowest BCUT2D eigenvalue weighted by molar-refractivity contribution is 0.136. The molecule has 27 heavy (non-hydrogen) atoms. The summed E-state index contributed by atoms with van der Waals surface area (Å²) in [6.07, 6.45) is 0.644. The zero-order valence-corrected chi connectivity index (χ0v) is 17.4. The average molecular weight is 412 g/mol. The molecule has 0 amide bonds. The van der Waals surface area contributed by atoms with Gasteiger partial charge in [-0.1, -0.05) is 13.8 Å². The number of sulfone groups is 1. The first-order valence-corrected chi connectivity index (χ1v) is 11.2. The van der Waals surface area contributed by atoms with Crippen LogP contribution in [-0.4, -0.2) is 54.3 Å². The maximum Gasteiger partial charge on any atom is 0.288 e. The van der Waals surface area contributed by atoms with Gasteiger partial charge < -0.3 is 9.15 Å². The minimum atomic E-state index is -2.96. The van der Waals surface area contributed by atoms with Crippen LogP contribution in [0, 0.1) is 10.8 Å². The molecule has 0 spiro atoms. The maximum absolute atomic E-state index is 11.9. The summed E-state index contributed by atoms with van der Waals surface area (Å²) in [5, 5.41) is 4.50. The van der Waals surface area contributed by atoms with Gasteiger partial charge in [0.2, 0.25) is 5.89 Å². The minimum absolute atomic E-state index is 0.0135. The largest absolute Gasteiger partial charge is 0.497 e. The first-order valence-electron chi connectivity index (χ1n) is 8.94. The molecule has 7 nitrogen and oxygen atoms in total. The van der Waals surface area contributed by atoms with E-state index in [-0.39, 0.29) is 22.4 Å². The molecule has 2 heterocycles. The zero-order chi connectivity index (χ0) is 19.6. The smallest absolute Gasteiger partial charge is 0.288 e. The Labute approximate surface area is 164 Å². The highest BCUT2D eigenvalue weighted by atomic mass is 32.2. The Kier molecular flexibility index (Phi) is 6.02. The molecule has 1 atom stereocenters. The third-order valence-corrected chi connectivity index (χ3v) is 6.63. The second-order valence-electron chi connectivity index (χ2n) is 7.26. The van der Waals surface area contributed by atoms with E-state index < -0.39 is 9.84 Å². The summed E-state index contributed by atoms with van der Waals surface area (Å²) in [5.74, 6) is 2.02. The maximum atomic E-state index is 11.9. The molecule has 0 aliphatic carbocycles. The number of methoxy groups -OCH3 is 1. The van der Waals surface area contributed by atoms with E-state index in [9.17, 15) is 8.42 Å². The fraction of sp³-hybridized carbons (Fsp3) is 0.556. The number of rotatable bonds is 7. The van der Waals surface area contributed by atoms with Gasteiger partial charge >= 0.3 is 0 Å². The first kappa shape index (κ1) is 20.0. The molecule has 0 bridgehead atoms. The van der Waals surface area contributed by atoms with Gasteiger partial charge in [0.25, 0.3) is 4.84 Å². The highest BCUT2D eigenvalue weighted by Crippen LogP contribution is 2.23.